The first-order valence-corrected chi connectivity index (χ1v) is 6.55. The molecule has 17 heavy (non-hydrogen) atoms. The fourth-order valence-corrected chi connectivity index (χ4v) is 2.95. The molecule has 0 spiro atoms. The molecule has 2 aromatic rings. The zero-order valence-electron chi connectivity index (χ0n) is 9.92. The van der Waals surface area contributed by atoms with Gasteiger partial charge in [-0.2, -0.15) is 0 Å². The van der Waals surface area contributed by atoms with Gasteiger partial charge in [0, 0.05) is 21.3 Å². The minimum Gasteiger partial charge on any atom is -0.355 e. The van der Waals surface area contributed by atoms with E-state index in [4.69, 9.17) is 0 Å². The Morgan fingerprint density at radius 1 is 0.941 bits per heavy atom. The van der Waals surface area contributed by atoms with Crippen LogP contribution in [0.3, 0.4) is 0 Å². The van der Waals surface area contributed by atoms with Gasteiger partial charge in [0.2, 0.25) is 0 Å². The molecule has 3 rings (SSSR count). The third-order valence-corrected chi connectivity index (χ3v) is 4.02. The van der Waals surface area contributed by atoms with E-state index in [1.165, 1.54) is 22.5 Å². The molecule has 2 heteroatoms. The Hall–Kier alpha value is -1.28. The van der Waals surface area contributed by atoms with Gasteiger partial charge in [0.15, 0.2) is 0 Å². The van der Waals surface area contributed by atoms with E-state index in [-0.39, 0.29) is 5.41 Å². The predicted octanol–water partition coefficient (Wildman–Crippen LogP) is 4.83. The normalized spacial score (nSPS) is 15.7. The highest BCUT2D eigenvalue weighted by molar-refractivity contribution is 9.10. The second-order valence-corrected chi connectivity index (χ2v) is 5.90. The Morgan fingerprint density at radius 3 is 2.47 bits per heavy atom. The van der Waals surface area contributed by atoms with Crippen molar-refractivity contribution in [1.82, 2.24) is 0 Å². The quantitative estimate of drug-likeness (QED) is 0.732. The maximum Gasteiger partial charge on any atom is 0.0437 e. The van der Waals surface area contributed by atoms with E-state index in [0.29, 0.717) is 0 Å². The van der Waals surface area contributed by atoms with Gasteiger partial charge in [-0.1, -0.05) is 54.0 Å². The van der Waals surface area contributed by atoms with Crippen molar-refractivity contribution in [1.29, 1.82) is 0 Å². The van der Waals surface area contributed by atoms with E-state index in [0.717, 1.165) is 4.47 Å². The van der Waals surface area contributed by atoms with Crippen LogP contribution in [0.4, 0.5) is 11.4 Å². The smallest absolute Gasteiger partial charge is 0.0437 e. The molecule has 0 amide bonds. The maximum absolute atomic E-state index is 3.53. The lowest BCUT2D eigenvalue weighted by atomic mass is 9.74. The van der Waals surface area contributed by atoms with E-state index < -0.39 is 0 Å². The van der Waals surface area contributed by atoms with Crippen LogP contribution in [0.15, 0.2) is 46.9 Å². The molecule has 0 saturated carbocycles. The average molecular weight is 288 g/mol. The summed E-state index contributed by atoms with van der Waals surface area (Å²) >= 11 is 3.53. The first-order chi connectivity index (χ1) is 8.09. The fourth-order valence-electron chi connectivity index (χ4n) is 2.59. The molecule has 1 N–H and O–H groups in total. The highest BCUT2D eigenvalue weighted by Crippen LogP contribution is 2.45. The van der Waals surface area contributed by atoms with Gasteiger partial charge < -0.3 is 5.32 Å². The summed E-state index contributed by atoms with van der Waals surface area (Å²) in [5.41, 5.74) is 5.16. The van der Waals surface area contributed by atoms with Crippen molar-refractivity contribution < 1.29 is 0 Å². The van der Waals surface area contributed by atoms with Crippen molar-refractivity contribution in [2.45, 2.75) is 19.3 Å². The maximum atomic E-state index is 3.53. The number of hydrogen-bond acceptors (Lipinski definition) is 1. The molecule has 2 aromatic carbocycles. The molecule has 0 bridgehead atoms. The van der Waals surface area contributed by atoms with Gasteiger partial charge in [0.25, 0.3) is 0 Å². The van der Waals surface area contributed by atoms with Crippen LogP contribution in [0.2, 0.25) is 0 Å². The third kappa shape index (κ3) is 1.59. The fraction of sp³-hybridized carbons (Fsp3) is 0.200. The molecule has 0 saturated heterocycles. The number of fused-ring (bicyclic) bond motifs is 2. The van der Waals surface area contributed by atoms with Crippen LogP contribution in [0.1, 0.15) is 25.0 Å². The number of halogens is 1. The van der Waals surface area contributed by atoms with Crippen LogP contribution in [-0.2, 0) is 5.41 Å². The van der Waals surface area contributed by atoms with Crippen LogP contribution >= 0.6 is 15.9 Å². The topological polar surface area (TPSA) is 12.0 Å². The Labute approximate surface area is 110 Å². The summed E-state index contributed by atoms with van der Waals surface area (Å²) in [6, 6.07) is 15.0. The van der Waals surface area contributed by atoms with Crippen molar-refractivity contribution in [3.63, 3.8) is 0 Å². The van der Waals surface area contributed by atoms with E-state index in [9.17, 15) is 0 Å². The Kier molecular flexibility index (Phi) is 2.30. The van der Waals surface area contributed by atoms with Gasteiger partial charge >= 0.3 is 0 Å². The summed E-state index contributed by atoms with van der Waals surface area (Å²) in [4.78, 5) is 0. The number of hydrogen-bond donors (Lipinski definition) is 1. The van der Waals surface area contributed by atoms with Gasteiger partial charge in [0.05, 0.1) is 0 Å². The summed E-state index contributed by atoms with van der Waals surface area (Å²) in [6.45, 7) is 4.55. The zero-order valence-corrected chi connectivity index (χ0v) is 11.5. The SMILES string of the molecule is CC1(C)c2ccccc2Nc2cc(Br)ccc21. The first kappa shape index (κ1) is 10.8. The summed E-state index contributed by atoms with van der Waals surface area (Å²) in [5, 5.41) is 3.51. The molecule has 0 unspecified atom stereocenters. The Bertz CT molecular complexity index is 587. The summed E-state index contributed by atoms with van der Waals surface area (Å²) < 4.78 is 1.11. The highest BCUT2D eigenvalue weighted by atomic mass is 79.9. The van der Waals surface area contributed by atoms with Gasteiger partial charge in [-0.05, 0) is 29.3 Å². The van der Waals surface area contributed by atoms with Crippen molar-refractivity contribution in [3.8, 4) is 0 Å². The zero-order chi connectivity index (χ0) is 12.0. The highest BCUT2D eigenvalue weighted by Gasteiger charge is 2.31. The van der Waals surface area contributed by atoms with Gasteiger partial charge in [-0.25, -0.2) is 0 Å². The molecule has 0 atom stereocenters. The largest absolute Gasteiger partial charge is 0.355 e. The molecule has 0 fully saturated rings. The summed E-state index contributed by atoms with van der Waals surface area (Å²) in [7, 11) is 0. The molecule has 86 valence electrons. The number of nitrogens with one attached hydrogen (secondary N) is 1. The molecule has 1 heterocycles. The van der Waals surface area contributed by atoms with Gasteiger partial charge in [-0.15, -0.1) is 0 Å². The van der Waals surface area contributed by atoms with Crippen LogP contribution in [0.5, 0.6) is 0 Å². The van der Waals surface area contributed by atoms with Crippen molar-refractivity contribution in [2.24, 2.45) is 0 Å². The molecule has 1 nitrogen and oxygen atoms in total. The van der Waals surface area contributed by atoms with Crippen LogP contribution in [0.25, 0.3) is 0 Å². The second kappa shape index (κ2) is 3.61. The Morgan fingerprint density at radius 2 is 1.65 bits per heavy atom. The number of benzene rings is 2. The minimum atomic E-state index is 0.0534. The predicted molar refractivity (Wildman–Crippen MR) is 76.0 cm³/mol. The molecule has 1 aliphatic heterocycles. The van der Waals surface area contributed by atoms with Crippen molar-refractivity contribution >= 4 is 27.3 Å². The molecule has 0 aromatic heterocycles. The molecular weight excluding hydrogens is 274 g/mol. The minimum absolute atomic E-state index is 0.0534. The van der Waals surface area contributed by atoms with Crippen molar-refractivity contribution in [3.05, 3.63) is 58.1 Å². The molecule has 0 radical (unpaired) electrons. The van der Waals surface area contributed by atoms with E-state index >= 15 is 0 Å². The van der Waals surface area contributed by atoms with Crippen LogP contribution in [0, 0.1) is 0 Å². The second-order valence-electron chi connectivity index (χ2n) is 4.99. The van der Waals surface area contributed by atoms with E-state index in [2.05, 4.69) is 77.6 Å². The lowest BCUT2D eigenvalue weighted by Crippen LogP contribution is -2.25. The van der Waals surface area contributed by atoms with E-state index in [1.54, 1.807) is 0 Å². The number of para-hydroxylation sites is 1. The molecular formula is C15H14BrN. The van der Waals surface area contributed by atoms with Gasteiger partial charge in [0.1, 0.15) is 0 Å². The lowest BCUT2D eigenvalue weighted by Gasteiger charge is -2.35. The number of rotatable bonds is 0. The standard InChI is InChI=1S/C15H14BrN/c1-15(2)11-5-3-4-6-13(11)17-14-9-10(16)7-8-12(14)15/h3-9,17H,1-2H3. The summed E-state index contributed by atoms with van der Waals surface area (Å²) in [6.07, 6.45) is 0. The first-order valence-electron chi connectivity index (χ1n) is 5.75. The molecule has 0 aliphatic carbocycles. The third-order valence-electron chi connectivity index (χ3n) is 3.52. The summed E-state index contributed by atoms with van der Waals surface area (Å²) in [5.74, 6) is 0. The lowest BCUT2D eigenvalue weighted by molar-refractivity contribution is 0.638. The Balaban J connectivity index is 2.26. The average Bonchev–Trinajstić information content (AvgIpc) is 2.28. The van der Waals surface area contributed by atoms with Crippen LogP contribution in [-0.4, -0.2) is 0 Å². The number of anilines is 2. The van der Waals surface area contributed by atoms with Crippen LogP contribution < -0.4 is 5.32 Å². The monoisotopic (exact) mass is 287 g/mol. The van der Waals surface area contributed by atoms with E-state index in [1.807, 2.05) is 0 Å². The molecule has 1 aliphatic rings. The van der Waals surface area contributed by atoms with Gasteiger partial charge in [-0.3, -0.25) is 0 Å². The van der Waals surface area contributed by atoms with Crippen molar-refractivity contribution in [2.75, 3.05) is 5.32 Å².